The summed E-state index contributed by atoms with van der Waals surface area (Å²) in [5.41, 5.74) is -0.139. The molecular weight excluding hydrogens is 281 g/mol. The molecule has 19 heavy (non-hydrogen) atoms. The Morgan fingerprint density at radius 3 is 2.42 bits per heavy atom. The van der Waals surface area contributed by atoms with E-state index in [1.165, 1.54) is 0 Å². The molecule has 0 spiro atoms. The Labute approximate surface area is 111 Å². The van der Waals surface area contributed by atoms with Gasteiger partial charge in [0.2, 0.25) is 0 Å². The molecule has 0 aliphatic rings. The van der Waals surface area contributed by atoms with Gasteiger partial charge in [0.15, 0.2) is 0 Å². The van der Waals surface area contributed by atoms with Crippen LogP contribution in [-0.2, 0) is 9.59 Å². The number of carboxylic acid groups (broad SMARTS) is 2. The van der Waals surface area contributed by atoms with Gasteiger partial charge in [0.25, 0.3) is 5.91 Å². The number of hydrogen-bond acceptors (Lipinski definition) is 3. The molecule has 0 radical (unpaired) electrons. The van der Waals surface area contributed by atoms with E-state index in [1.807, 2.05) is 5.32 Å². The van der Waals surface area contributed by atoms with Crippen molar-refractivity contribution in [3.8, 4) is 0 Å². The first-order valence-electron chi connectivity index (χ1n) is 5.01. The summed E-state index contributed by atoms with van der Waals surface area (Å²) in [5, 5.41) is 19.1. The van der Waals surface area contributed by atoms with Crippen molar-refractivity contribution >= 4 is 29.4 Å². The van der Waals surface area contributed by atoms with E-state index < -0.39 is 36.1 Å². The van der Waals surface area contributed by atoms with Gasteiger partial charge in [-0.15, -0.1) is 0 Å². The topological polar surface area (TPSA) is 104 Å². The second-order valence-electron chi connectivity index (χ2n) is 3.59. The van der Waals surface area contributed by atoms with Gasteiger partial charge in [0.1, 0.15) is 11.9 Å². The molecule has 0 heterocycles. The molecule has 0 aliphatic heterocycles. The number of benzene rings is 1. The van der Waals surface area contributed by atoms with Crippen LogP contribution in [-0.4, -0.2) is 34.1 Å². The number of aliphatic carboxylic acids is 2. The van der Waals surface area contributed by atoms with Crippen LogP contribution in [0.3, 0.4) is 0 Å². The number of amides is 1. The summed E-state index contributed by atoms with van der Waals surface area (Å²) in [5.74, 6) is -4.41. The first kappa shape index (κ1) is 14.9. The molecule has 1 aromatic carbocycles. The van der Waals surface area contributed by atoms with Crippen LogP contribution < -0.4 is 5.32 Å². The summed E-state index contributed by atoms with van der Waals surface area (Å²) in [6.07, 6.45) is -0.778. The fourth-order valence-electron chi connectivity index (χ4n) is 1.28. The van der Waals surface area contributed by atoms with Crippen molar-refractivity contribution in [1.82, 2.24) is 5.32 Å². The van der Waals surface area contributed by atoms with E-state index in [0.29, 0.717) is 0 Å². The molecule has 0 unspecified atom stereocenters. The number of carbonyl (C=O) groups excluding carboxylic acids is 1. The lowest BCUT2D eigenvalue weighted by molar-refractivity contribution is -0.145. The van der Waals surface area contributed by atoms with Crippen LogP contribution in [0.4, 0.5) is 4.39 Å². The van der Waals surface area contributed by atoms with Crippen molar-refractivity contribution in [3.05, 3.63) is 34.6 Å². The maximum Gasteiger partial charge on any atom is 0.326 e. The van der Waals surface area contributed by atoms with Gasteiger partial charge in [-0.1, -0.05) is 11.6 Å². The standard InChI is InChI=1S/C11H9ClFNO5/c12-7-3-5(13)1-2-6(7)10(17)14-8(11(18)19)4-9(15)16/h1-3,8H,4H2,(H,14,17)(H,15,16)(H,18,19)/t8-/m1/s1. The van der Waals surface area contributed by atoms with Crippen LogP contribution in [0.1, 0.15) is 16.8 Å². The highest BCUT2D eigenvalue weighted by atomic mass is 35.5. The lowest BCUT2D eigenvalue weighted by Crippen LogP contribution is -2.42. The molecule has 1 rings (SSSR count). The summed E-state index contributed by atoms with van der Waals surface area (Å²) in [6.45, 7) is 0. The lowest BCUT2D eigenvalue weighted by atomic mass is 10.1. The quantitative estimate of drug-likeness (QED) is 0.754. The van der Waals surface area contributed by atoms with E-state index >= 15 is 0 Å². The predicted octanol–water partition coefficient (Wildman–Crippen LogP) is 1.14. The molecular formula is C11H9ClFNO5. The Morgan fingerprint density at radius 1 is 1.32 bits per heavy atom. The van der Waals surface area contributed by atoms with Crippen molar-refractivity contribution < 1.29 is 29.0 Å². The Hall–Kier alpha value is -2.15. The van der Waals surface area contributed by atoms with Gasteiger partial charge in [0.05, 0.1) is 17.0 Å². The average molecular weight is 290 g/mol. The molecule has 0 aliphatic carbocycles. The highest BCUT2D eigenvalue weighted by Crippen LogP contribution is 2.17. The van der Waals surface area contributed by atoms with E-state index in [0.717, 1.165) is 18.2 Å². The highest BCUT2D eigenvalue weighted by molar-refractivity contribution is 6.33. The summed E-state index contributed by atoms with van der Waals surface area (Å²) < 4.78 is 12.8. The summed E-state index contributed by atoms with van der Waals surface area (Å²) in [7, 11) is 0. The zero-order chi connectivity index (χ0) is 14.6. The third-order valence-corrected chi connectivity index (χ3v) is 2.47. The first-order chi connectivity index (χ1) is 8.81. The Kier molecular flexibility index (Phi) is 4.82. The monoisotopic (exact) mass is 289 g/mol. The van der Waals surface area contributed by atoms with Crippen LogP contribution in [0.2, 0.25) is 5.02 Å². The average Bonchev–Trinajstić information content (AvgIpc) is 2.26. The zero-order valence-corrected chi connectivity index (χ0v) is 10.1. The van der Waals surface area contributed by atoms with E-state index in [1.54, 1.807) is 0 Å². The minimum absolute atomic E-state index is 0.139. The molecule has 0 saturated carbocycles. The molecule has 0 saturated heterocycles. The third-order valence-electron chi connectivity index (χ3n) is 2.16. The number of carbonyl (C=O) groups is 3. The molecule has 8 heteroatoms. The molecule has 6 nitrogen and oxygen atoms in total. The molecule has 102 valence electrons. The van der Waals surface area contributed by atoms with Crippen molar-refractivity contribution in [3.63, 3.8) is 0 Å². The van der Waals surface area contributed by atoms with Crippen LogP contribution in [0.25, 0.3) is 0 Å². The predicted molar refractivity (Wildman–Crippen MR) is 62.6 cm³/mol. The Bertz CT molecular complexity index is 534. The van der Waals surface area contributed by atoms with Crippen molar-refractivity contribution in [2.75, 3.05) is 0 Å². The Balaban J connectivity index is 2.87. The maximum absolute atomic E-state index is 12.8. The van der Waals surface area contributed by atoms with Crippen molar-refractivity contribution in [1.29, 1.82) is 0 Å². The molecule has 3 N–H and O–H groups in total. The van der Waals surface area contributed by atoms with Gasteiger partial charge < -0.3 is 15.5 Å². The molecule has 1 amide bonds. The van der Waals surface area contributed by atoms with Crippen LogP contribution >= 0.6 is 11.6 Å². The second kappa shape index (κ2) is 6.14. The fraction of sp³-hybridized carbons (Fsp3) is 0.182. The van der Waals surface area contributed by atoms with Gasteiger partial charge in [0, 0.05) is 0 Å². The first-order valence-corrected chi connectivity index (χ1v) is 5.39. The largest absolute Gasteiger partial charge is 0.481 e. The Morgan fingerprint density at radius 2 is 1.95 bits per heavy atom. The summed E-state index contributed by atoms with van der Waals surface area (Å²) in [4.78, 5) is 32.9. The maximum atomic E-state index is 12.8. The molecule has 0 aromatic heterocycles. The molecule has 0 bridgehead atoms. The number of halogens is 2. The highest BCUT2D eigenvalue weighted by Gasteiger charge is 2.24. The van der Waals surface area contributed by atoms with Crippen molar-refractivity contribution in [2.45, 2.75) is 12.5 Å². The van der Waals surface area contributed by atoms with Crippen LogP contribution in [0.15, 0.2) is 18.2 Å². The number of hydrogen-bond donors (Lipinski definition) is 3. The van der Waals surface area contributed by atoms with Gasteiger partial charge in [-0.05, 0) is 18.2 Å². The van der Waals surface area contributed by atoms with E-state index in [9.17, 15) is 18.8 Å². The minimum atomic E-state index is -1.59. The SMILES string of the molecule is O=C(O)C[C@@H](NC(=O)c1ccc(F)cc1Cl)C(=O)O. The number of carboxylic acids is 2. The zero-order valence-electron chi connectivity index (χ0n) is 9.39. The second-order valence-corrected chi connectivity index (χ2v) is 3.99. The summed E-state index contributed by atoms with van der Waals surface area (Å²) >= 11 is 5.63. The third kappa shape index (κ3) is 4.22. The fourth-order valence-corrected chi connectivity index (χ4v) is 1.54. The number of rotatable bonds is 5. The van der Waals surface area contributed by atoms with Gasteiger partial charge >= 0.3 is 11.9 Å². The van der Waals surface area contributed by atoms with E-state index in [-0.39, 0.29) is 10.6 Å². The molecule has 0 fully saturated rings. The molecule has 1 atom stereocenters. The van der Waals surface area contributed by atoms with E-state index in [2.05, 4.69) is 0 Å². The summed E-state index contributed by atoms with van der Waals surface area (Å²) in [6, 6.07) is 1.36. The lowest BCUT2D eigenvalue weighted by Gasteiger charge is -2.13. The van der Waals surface area contributed by atoms with Crippen LogP contribution in [0, 0.1) is 5.82 Å². The van der Waals surface area contributed by atoms with Gasteiger partial charge in [-0.25, -0.2) is 9.18 Å². The van der Waals surface area contributed by atoms with E-state index in [4.69, 9.17) is 21.8 Å². The van der Waals surface area contributed by atoms with Crippen LogP contribution in [0.5, 0.6) is 0 Å². The normalized spacial score (nSPS) is 11.7. The molecule has 1 aromatic rings. The minimum Gasteiger partial charge on any atom is -0.481 e. The smallest absolute Gasteiger partial charge is 0.326 e. The van der Waals surface area contributed by atoms with Gasteiger partial charge in [-0.3, -0.25) is 9.59 Å². The number of nitrogens with one attached hydrogen (secondary N) is 1. The van der Waals surface area contributed by atoms with Crippen molar-refractivity contribution in [2.24, 2.45) is 0 Å². The van der Waals surface area contributed by atoms with Gasteiger partial charge in [-0.2, -0.15) is 0 Å².